The maximum Gasteiger partial charge on any atom is 0.336 e. The maximum absolute atomic E-state index is 12.5. The van der Waals surface area contributed by atoms with Crippen LogP contribution in [-0.2, 0) is 4.79 Å². The number of hydrogen-bond acceptors (Lipinski definition) is 5. The fourth-order valence-electron chi connectivity index (χ4n) is 3.39. The van der Waals surface area contributed by atoms with Gasteiger partial charge in [-0.2, -0.15) is 0 Å². The molecule has 194 valence electrons. The summed E-state index contributed by atoms with van der Waals surface area (Å²) in [5, 5.41) is 3.53. The lowest BCUT2D eigenvalue weighted by atomic mass is 10.2. The van der Waals surface area contributed by atoms with E-state index in [1.807, 2.05) is 12.1 Å². The van der Waals surface area contributed by atoms with Crippen LogP contribution in [-0.4, -0.2) is 25.6 Å². The maximum atomic E-state index is 12.5. The van der Waals surface area contributed by atoms with Gasteiger partial charge in [0.25, 0.3) is 5.91 Å². The van der Waals surface area contributed by atoms with Gasteiger partial charge in [0, 0.05) is 16.7 Å². The van der Waals surface area contributed by atoms with Gasteiger partial charge in [-0.25, -0.2) is 4.79 Å². The standard InChI is InChI=1S/C29H29Cl2NO5/c1-3-4-5-6-17-36-26-15-7-20(18-27(26)35-2)8-16-28(33)37-23-12-9-21(10-13-23)29(34)32-25-19-22(30)11-14-24(25)31/h7-16,18-19H,3-6,17H2,1-2H3,(H,32,34)/b16-8+. The number of hydrogen-bond donors (Lipinski definition) is 1. The number of nitrogens with one attached hydrogen (secondary N) is 1. The summed E-state index contributed by atoms with van der Waals surface area (Å²) in [6, 6.07) is 16.4. The third kappa shape index (κ3) is 8.85. The Balaban J connectivity index is 1.54. The molecule has 0 saturated heterocycles. The summed E-state index contributed by atoms with van der Waals surface area (Å²) in [5.41, 5.74) is 1.54. The summed E-state index contributed by atoms with van der Waals surface area (Å²) in [5.74, 6) is 0.637. The van der Waals surface area contributed by atoms with Gasteiger partial charge in [0.05, 0.1) is 24.4 Å². The fourth-order valence-corrected chi connectivity index (χ4v) is 3.73. The van der Waals surface area contributed by atoms with Gasteiger partial charge in [0.2, 0.25) is 0 Å². The summed E-state index contributed by atoms with van der Waals surface area (Å²) in [6.45, 7) is 2.80. The summed E-state index contributed by atoms with van der Waals surface area (Å²) >= 11 is 12.1. The van der Waals surface area contributed by atoms with E-state index >= 15 is 0 Å². The first-order valence-corrected chi connectivity index (χ1v) is 12.7. The minimum Gasteiger partial charge on any atom is -0.493 e. The number of amides is 1. The summed E-state index contributed by atoms with van der Waals surface area (Å²) < 4.78 is 16.6. The van der Waals surface area contributed by atoms with Crippen molar-refractivity contribution in [1.29, 1.82) is 0 Å². The SMILES string of the molecule is CCCCCCOc1ccc(/C=C/C(=O)Oc2ccc(C(=O)Nc3cc(Cl)ccc3Cl)cc2)cc1OC. The average molecular weight is 542 g/mol. The molecule has 0 unspecified atom stereocenters. The van der Waals surface area contributed by atoms with Crippen LogP contribution in [0.3, 0.4) is 0 Å². The van der Waals surface area contributed by atoms with Crippen LogP contribution in [0.1, 0.15) is 48.5 Å². The van der Waals surface area contributed by atoms with E-state index in [1.54, 1.807) is 49.6 Å². The van der Waals surface area contributed by atoms with E-state index in [2.05, 4.69) is 12.2 Å². The quantitative estimate of drug-likeness (QED) is 0.109. The molecule has 3 rings (SSSR count). The molecule has 3 aromatic carbocycles. The van der Waals surface area contributed by atoms with Crippen LogP contribution in [0.15, 0.2) is 66.7 Å². The molecule has 1 N–H and O–H groups in total. The first-order valence-electron chi connectivity index (χ1n) is 12.0. The monoisotopic (exact) mass is 541 g/mol. The molecule has 0 bridgehead atoms. The smallest absolute Gasteiger partial charge is 0.336 e. The molecule has 0 fully saturated rings. The van der Waals surface area contributed by atoms with E-state index in [9.17, 15) is 9.59 Å². The number of methoxy groups -OCH3 is 1. The number of carbonyl (C=O) groups is 2. The predicted octanol–water partition coefficient (Wildman–Crippen LogP) is 7.83. The van der Waals surface area contributed by atoms with Crippen LogP contribution in [0.25, 0.3) is 6.08 Å². The number of halogens is 2. The highest BCUT2D eigenvalue weighted by molar-refractivity contribution is 6.35. The third-order valence-electron chi connectivity index (χ3n) is 5.37. The average Bonchev–Trinajstić information content (AvgIpc) is 2.90. The number of anilines is 1. The topological polar surface area (TPSA) is 73.9 Å². The predicted molar refractivity (Wildman–Crippen MR) is 148 cm³/mol. The molecule has 0 atom stereocenters. The lowest BCUT2D eigenvalue weighted by Crippen LogP contribution is -2.12. The second-order valence-electron chi connectivity index (χ2n) is 8.18. The fraction of sp³-hybridized carbons (Fsp3) is 0.241. The zero-order valence-corrected chi connectivity index (χ0v) is 22.3. The van der Waals surface area contributed by atoms with Gasteiger partial charge in [-0.15, -0.1) is 0 Å². The Morgan fingerprint density at radius 3 is 2.43 bits per heavy atom. The van der Waals surface area contributed by atoms with Crippen LogP contribution < -0.4 is 19.5 Å². The highest BCUT2D eigenvalue weighted by atomic mass is 35.5. The molecular formula is C29H29Cl2NO5. The van der Waals surface area contributed by atoms with Crippen LogP contribution in [0.4, 0.5) is 5.69 Å². The van der Waals surface area contributed by atoms with Crippen molar-refractivity contribution in [3.8, 4) is 17.2 Å². The minimum absolute atomic E-state index is 0.302. The molecule has 3 aromatic rings. The van der Waals surface area contributed by atoms with Crippen molar-refractivity contribution in [2.24, 2.45) is 0 Å². The van der Waals surface area contributed by atoms with Gasteiger partial charge < -0.3 is 19.5 Å². The van der Waals surface area contributed by atoms with Crippen molar-refractivity contribution in [3.05, 3.63) is 87.9 Å². The Hall–Kier alpha value is -3.48. The molecule has 0 heterocycles. The zero-order chi connectivity index (χ0) is 26.6. The molecule has 0 aliphatic rings. The summed E-state index contributed by atoms with van der Waals surface area (Å²) in [7, 11) is 1.58. The van der Waals surface area contributed by atoms with Crippen molar-refractivity contribution in [1.82, 2.24) is 0 Å². The van der Waals surface area contributed by atoms with Gasteiger partial charge in [-0.3, -0.25) is 4.79 Å². The second-order valence-corrected chi connectivity index (χ2v) is 9.02. The van der Waals surface area contributed by atoms with Crippen molar-refractivity contribution in [3.63, 3.8) is 0 Å². The summed E-state index contributed by atoms with van der Waals surface area (Å²) in [6.07, 6.45) is 7.45. The van der Waals surface area contributed by atoms with Crippen LogP contribution in [0.2, 0.25) is 10.0 Å². The van der Waals surface area contributed by atoms with Crippen molar-refractivity contribution < 1.29 is 23.8 Å². The van der Waals surface area contributed by atoms with Crippen molar-refractivity contribution in [2.45, 2.75) is 32.6 Å². The van der Waals surface area contributed by atoms with Gasteiger partial charge in [0.15, 0.2) is 11.5 Å². The summed E-state index contributed by atoms with van der Waals surface area (Å²) in [4.78, 5) is 24.8. The molecular weight excluding hydrogens is 513 g/mol. The molecule has 0 aliphatic carbocycles. The number of esters is 1. The van der Waals surface area contributed by atoms with E-state index in [0.29, 0.717) is 45.2 Å². The molecule has 0 aromatic heterocycles. The van der Waals surface area contributed by atoms with Gasteiger partial charge in [-0.05, 0) is 72.7 Å². The molecule has 6 nitrogen and oxygen atoms in total. The van der Waals surface area contributed by atoms with Gasteiger partial charge in [0.1, 0.15) is 5.75 Å². The first kappa shape index (κ1) is 28.1. The normalized spacial score (nSPS) is 10.8. The highest BCUT2D eigenvalue weighted by Gasteiger charge is 2.10. The Kier molecular flexibility index (Phi) is 10.9. The van der Waals surface area contributed by atoms with Gasteiger partial charge in [-0.1, -0.05) is 55.5 Å². The molecule has 0 radical (unpaired) electrons. The molecule has 0 saturated carbocycles. The van der Waals surface area contributed by atoms with E-state index in [0.717, 1.165) is 18.4 Å². The lowest BCUT2D eigenvalue weighted by molar-refractivity contribution is -0.128. The van der Waals surface area contributed by atoms with Crippen LogP contribution in [0.5, 0.6) is 17.2 Å². The third-order valence-corrected chi connectivity index (χ3v) is 5.93. The number of rotatable bonds is 12. The number of ether oxygens (including phenoxy) is 3. The van der Waals surface area contributed by atoms with E-state index in [-0.39, 0.29) is 5.91 Å². The van der Waals surface area contributed by atoms with E-state index < -0.39 is 5.97 Å². The van der Waals surface area contributed by atoms with Gasteiger partial charge >= 0.3 is 5.97 Å². The first-order chi connectivity index (χ1) is 17.9. The number of unbranched alkanes of at least 4 members (excludes halogenated alkanes) is 3. The van der Waals surface area contributed by atoms with Crippen LogP contribution in [0, 0.1) is 0 Å². The van der Waals surface area contributed by atoms with E-state index in [1.165, 1.54) is 31.1 Å². The molecule has 0 spiro atoms. The molecule has 37 heavy (non-hydrogen) atoms. The Morgan fingerprint density at radius 1 is 0.919 bits per heavy atom. The lowest BCUT2D eigenvalue weighted by Gasteiger charge is -2.11. The van der Waals surface area contributed by atoms with Crippen LogP contribution >= 0.6 is 23.2 Å². The minimum atomic E-state index is -0.557. The molecule has 1 amide bonds. The molecule has 8 heteroatoms. The Labute approximate surface area is 227 Å². The second kappa shape index (κ2) is 14.3. The molecule has 0 aliphatic heterocycles. The van der Waals surface area contributed by atoms with E-state index in [4.69, 9.17) is 37.4 Å². The number of carbonyl (C=O) groups excluding carboxylic acids is 2. The zero-order valence-electron chi connectivity index (χ0n) is 20.8. The largest absolute Gasteiger partial charge is 0.493 e. The van der Waals surface area contributed by atoms with Crippen molar-refractivity contribution in [2.75, 3.05) is 19.0 Å². The van der Waals surface area contributed by atoms with Crippen molar-refractivity contribution >= 4 is 46.8 Å². The Bertz CT molecular complexity index is 1240. The highest BCUT2D eigenvalue weighted by Crippen LogP contribution is 2.29. The Morgan fingerprint density at radius 2 is 1.70 bits per heavy atom. The number of benzene rings is 3.